The molecule has 0 radical (unpaired) electrons. The van der Waals surface area contributed by atoms with Crippen LogP contribution in [0.25, 0.3) is 0 Å². The Morgan fingerprint density at radius 2 is 1.52 bits per heavy atom. The minimum Gasteiger partial charge on any atom is -0.493 e. The van der Waals surface area contributed by atoms with Gasteiger partial charge in [-0.25, -0.2) is 0 Å². The maximum absolute atomic E-state index is 12.6. The summed E-state index contributed by atoms with van der Waals surface area (Å²) in [4.78, 5) is 38.5. The summed E-state index contributed by atoms with van der Waals surface area (Å²) in [7, 11) is 0. The summed E-state index contributed by atoms with van der Waals surface area (Å²) in [6.45, 7) is 6.28. The first-order valence-electron chi connectivity index (χ1n) is 8.89. The predicted octanol–water partition coefficient (Wildman–Crippen LogP) is 3.34. The summed E-state index contributed by atoms with van der Waals surface area (Å²) in [5, 5.41) is 2.74. The van der Waals surface area contributed by atoms with Crippen molar-refractivity contribution in [1.82, 2.24) is 4.90 Å². The van der Waals surface area contributed by atoms with Gasteiger partial charge in [0.25, 0.3) is 11.8 Å². The van der Waals surface area contributed by atoms with Crippen molar-refractivity contribution in [2.75, 3.05) is 11.9 Å². The summed E-state index contributed by atoms with van der Waals surface area (Å²) >= 11 is 0. The van der Waals surface area contributed by atoms with E-state index in [9.17, 15) is 14.4 Å². The Labute approximate surface area is 158 Å². The van der Waals surface area contributed by atoms with Crippen molar-refractivity contribution >= 4 is 23.4 Å². The summed E-state index contributed by atoms with van der Waals surface area (Å²) in [5.41, 5.74) is 1.22. The molecule has 2 aromatic carbocycles. The molecular weight excluding hydrogens is 344 g/mol. The number of nitrogens with one attached hydrogen (secondary N) is 1. The van der Waals surface area contributed by atoms with Crippen molar-refractivity contribution in [2.24, 2.45) is 5.92 Å². The average molecular weight is 366 g/mol. The van der Waals surface area contributed by atoms with Gasteiger partial charge < -0.3 is 10.1 Å². The highest BCUT2D eigenvalue weighted by atomic mass is 16.5. The van der Waals surface area contributed by atoms with E-state index >= 15 is 0 Å². The largest absolute Gasteiger partial charge is 0.493 e. The second-order valence-corrected chi connectivity index (χ2v) is 6.92. The first-order chi connectivity index (χ1) is 12.9. The van der Waals surface area contributed by atoms with E-state index in [1.807, 2.05) is 0 Å². The topological polar surface area (TPSA) is 75.7 Å². The molecule has 2 aromatic rings. The fraction of sp³-hybridized carbons (Fsp3) is 0.286. The van der Waals surface area contributed by atoms with Gasteiger partial charge in [0.2, 0.25) is 5.91 Å². The first-order valence-corrected chi connectivity index (χ1v) is 8.89. The number of rotatable bonds is 6. The lowest BCUT2D eigenvalue weighted by molar-refractivity contribution is -0.119. The van der Waals surface area contributed by atoms with E-state index in [0.717, 1.165) is 10.6 Å². The molecule has 0 bridgehead atoms. The minimum atomic E-state index is -0.922. The minimum absolute atomic E-state index is 0.328. The number of amides is 3. The van der Waals surface area contributed by atoms with Crippen molar-refractivity contribution in [1.29, 1.82) is 0 Å². The van der Waals surface area contributed by atoms with E-state index in [1.54, 1.807) is 48.5 Å². The third-order valence-electron chi connectivity index (χ3n) is 4.30. The van der Waals surface area contributed by atoms with Crippen LogP contribution in [-0.4, -0.2) is 35.3 Å². The molecule has 3 rings (SSSR count). The highest BCUT2D eigenvalue weighted by Gasteiger charge is 2.40. The number of nitrogens with zero attached hydrogens (tertiary/aromatic N) is 1. The molecule has 27 heavy (non-hydrogen) atoms. The number of imide groups is 1. The van der Waals surface area contributed by atoms with Gasteiger partial charge in [-0.2, -0.15) is 0 Å². The van der Waals surface area contributed by atoms with Gasteiger partial charge in [0.05, 0.1) is 17.7 Å². The van der Waals surface area contributed by atoms with Crippen LogP contribution in [-0.2, 0) is 4.79 Å². The molecule has 1 heterocycles. The van der Waals surface area contributed by atoms with Crippen LogP contribution in [0.5, 0.6) is 5.75 Å². The quantitative estimate of drug-likeness (QED) is 0.796. The van der Waals surface area contributed by atoms with Crippen LogP contribution in [0.4, 0.5) is 5.69 Å². The van der Waals surface area contributed by atoms with E-state index in [2.05, 4.69) is 19.2 Å². The number of carbonyl (C=O) groups excluding carboxylic acids is 3. The van der Waals surface area contributed by atoms with Crippen LogP contribution >= 0.6 is 0 Å². The molecule has 1 unspecified atom stereocenters. The molecule has 1 aliphatic heterocycles. The van der Waals surface area contributed by atoms with Gasteiger partial charge in [-0.05, 0) is 49.2 Å². The van der Waals surface area contributed by atoms with Gasteiger partial charge in [-0.15, -0.1) is 0 Å². The maximum Gasteiger partial charge on any atom is 0.262 e. The van der Waals surface area contributed by atoms with Crippen molar-refractivity contribution in [3.8, 4) is 5.75 Å². The number of carbonyl (C=O) groups is 3. The van der Waals surface area contributed by atoms with Crippen LogP contribution in [0, 0.1) is 5.92 Å². The molecule has 0 saturated carbocycles. The van der Waals surface area contributed by atoms with Crippen molar-refractivity contribution in [3.63, 3.8) is 0 Å². The molecule has 0 saturated heterocycles. The summed E-state index contributed by atoms with van der Waals surface area (Å²) in [6.07, 6.45) is 0. The molecular formula is C21H22N2O4. The number of fused-ring (bicyclic) bond motifs is 1. The third kappa shape index (κ3) is 3.84. The molecule has 0 aromatic heterocycles. The Balaban J connectivity index is 1.66. The van der Waals surface area contributed by atoms with Crippen LogP contribution in [0.1, 0.15) is 41.5 Å². The highest BCUT2D eigenvalue weighted by molar-refractivity contribution is 6.23. The third-order valence-corrected chi connectivity index (χ3v) is 4.30. The van der Waals surface area contributed by atoms with Crippen LogP contribution in [0.15, 0.2) is 48.5 Å². The molecule has 140 valence electrons. The zero-order valence-corrected chi connectivity index (χ0v) is 15.6. The molecule has 3 amide bonds. The first kappa shape index (κ1) is 18.6. The lowest BCUT2D eigenvalue weighted by atomic mass is 10.1. The van der Waals surface area contributed by atoms with Gasteiger partial charge in [0, 0.05) is 5.69 Å². The van der Waals surface area contributed by atoms with Gasteiger partial charge in [0.15, 0.2) is 0 Å². The SMILES string of the molecule is CC(C)COc1ccc(NC(=O)C(C)N2C(=O)c3ccccc3C2=O)cc1. The van der Waals surface area contributed by atoms with Gasteiger partial charge in [-0.1, -0.05) is 26.0 Å². The van der Waals surface area contributed by atoms with Crippen molar-refractivity contribution in [3.05, 3.63) is 59.7 Å². The number of anilines is 1. The molecule has 6 heteroatoms. The zero-order chi connectivity index (χ0) is 19.6. The van der Waals surface area contributed by atoms with E-state index in [0.29, 0.717) is 29.3 Å². The highest BCUT2D eigenvalue weighted by Crippen LogP contribution is 2.25. The molecule has 0 fully saturated rings. The van der Waals surface area contributed by atoms with Crippen LogP contribution in [0.3, 0.4) is 0 Å². The van der Waals surface area contributed by atoms with Crippen molar-refractivity contribution < 1.29 is 19.1 Å². The maximum atomic E-state index is 12.6. The van der Waals surface area contributed by atoms with E-state index in [-0.39, 0.29) is 0 Å². The fourth-order valence-electron chi connectivity index (χ4n) is 2.82. The molecule has 1 N–H and O–H groups in total. The Bertz CT molecular complexity index is 839. The molecule has 1 aliphatic rings. The zero-order valence-electron chi connectivity index (χ0n) is 15.6. The lowest BCUT2D eigenvalue weighted by Crippen LogP contribution is -2.45. The number of ether oxygens (including phenoxy) is 1. The standard InChI is InChI=1S/C21H22N2O4/c1-13(2)12-27-16-10-8-15(9-11-16)22-19(24)14(3)23-20(25)17-6-4-5-7-18(17)21(23)26/h4-11,13-14H,12H2,1-3H3,(H,22,24). The summed E-state index contributed by atoms with van der Waals surface area (Å²) < 4.78 is 5.61. The Hall–Kier alpha value is -3.15. The second-order valence-electron chi connectivity index (χ2n) is 6.92. The molecule has 1 atom stereocenters. The van der Waals surface area contributed by atoms with E-state index < -0.39 is 23.8 Å². The Kier molecular flexibility index (Phi) is 5.26. The summed E-state index contributed by atoms with van der Waals surface area (Å²) in [5.74, 6) is -0.188. The second kappa shape index (κ2) is 7.61. The van der Waals surface area contributed by atoms with Gasteiger partial charge >= 0.3 is 0 Å². The number of benzene rings is 2. The molecule has 0 spiro atoms. The predicted molar refractivity (Wildman–Crippen MR) is 102 cm³/mol. The monoisotopic (exact) mass is 366 g/mol. The fourth-order valence-corrected chi connectivity index (χ4v) is 2.82. The normalized spacial score (nSPS) is 14.3. The van der Waals surface area contributed by atoms with Gasteiger partial charge in [-0.3, -0.25) is 19.3 Å². The average Bonchev–Trinajstić information content (AvgIpc) is 2.91. The lowest BCUT2D eigenvalue weighted by Gasteiger charge is -2.21. The van der Waals surface area contributed by atoms with E-state index in [1.165, 1.54) is 6.92 Å². The van der Waals surface area contributed by atoms with Crippen LogP contribution in [0.2, 0.25) is 0 Å². The summed E-state index contributed by atoms with van der Waals surface area (Å²) in [6, 6.07) is 12.6. The van der Waals surface area contributed by atoms with Crippen molar-refractivity contribution in [2.45, 2.75) is 26.8 Å². The number of hydrogen-bond acceptors (Lipinski definition) is 4. The smallest absolute Gasteiger partial charge is 0.262 e. The Morgan fingerprint density at radius 1 is 0.963 bits per heavy atom. The number of hydrogen-bond donors (Lipinski definition) is 1. The van der Waals surface area contributed by atoms with Crippen LogP contribution < -0.4 is 10.1 Å². The van der Waals surface area contributed by atoms with Gasteiger partial charge in [0.1, 0.15) is 11.8 Å². The van der Waals surface area contributed by atoms with E-state index in [4.69, 9.17) is 4.74 Å². The molecule has 6 nitrogen and oxygen atoms in total. The Morgan fingerprint density at radius 3 is 2.04 bits per heavy atom. The molecule has 0 aliphatic carbocycles.